The van der Waals surface area contributed by atoms with Gasteiger partial charge in [-0.2, -0.15) is 0 Å². The molecule has 1 amide bonds. The normalized spacial score (nSPS) is 29.1. The maximum Gasteiger partial charge on any atom is 0.227 e. The van der Waals surface area contributed by atoms with Crippen molar-refractivity contribution < 1.29 is 14.3 Å². The van der Waals surface area contributed by atoms with Gasteiger partial charge in [0.2, 0.25) is 5.91 Å². The van der Waals surface area contributed by atoms with Crippen LogP contribution in [0.5, 0.6) is 5.75 Å². The second-order valence-corrected chi connectivity index (χ2v) is 7.05. The SMILES string of the molecule is COCCOc1ccc(NC(=O)C2CC3CCCC(C2)C3N)cc1. The van der Waals surface area contributed by atoms with Crippen LogP contribution in [-0.2, 0) is 9.53 Å². The average molecular weight is 332 g/mol. The van der Waals surface area contributed by atoms with Crippen LogP contribution in [0.3, 0.4) is 0 Å². The Balaban J connectivity index is 1.53. The highest BCUT2D eigenvalue weighted by Crippen LogP contribution is 2.42. The molecule has 0 radical (unpaired) electrons. The fourth-order valence-corrected chi connectivity index (χ4v) is 4.12. The molecule has 2 fully saturated rings. The summed E-state index contributed by atoms with van der Waals surface area (Å²) in [5, 5.41) is 3.05. The summed E-state index contributed by atoms with van der Waals surface area (Å²) >= 11 is 0. The molecule has 1 aromatic rings. The van der Waals surface area contributed by atoms with E-state index in [-0.39, 0.29) is 11.8 Å². The molecule has 2 unspecified atom stereocenters. The Morgan fingerprint density at radius 2 is 1.83 bits per heavy atom. The highest BCUT2D eigenvalue weighted by molar-refractivity contribution is 5.92. The van der Waals surface area contributed by atoms with Gasteiger partial charge in [0.05, 0.1) is 6.61 Å². The topological polar surface area (TPSA) is 73.6 Å². The van der Waals surface area contributed by atoms with E-state index in [0.717, 1.165) is 24.3 Å². The lowest BCUT2D eigenvalue weighted by Gasteiger charge is -2.43. The van der Waals surface area contributed by atoms with E-state index in [1.54, 1.807) is 7.11 Å². The average Bonchev–Trinajstić information content (AvgIpc) is 2.56. The first-order valence-corrected chi connectivity index (χ1v) is 8.95. The lowest BCUT2D eigenvalue weighted by atomic mass is 9.65. The number of hydrogen-bond acceptors (Lipinski definition) is 4. The number of anilines is 1. The molecular formula is C19H28N2O3. The van der Waals surface area contributed by atoms with Gasteiger partial charge < -0.3 is 20.5 Å². The van der Waals surface area contributed by atoms with Crippen LogP contribution < -0.4 is 15.8 Å². The third-order valence-electron chi connectivity index (χ3n) is 5.46. The van der Waals surface area contributed by atoms with Gasteiger partial charge in [-0.1, -0.05) is 6.42 Å². The molecule has 2 atom stereocenters. The highest BCUT2D eigenvalue weighted by atomic mass is 16.5. The first-order valence-electron chi connectivity index (χ1n) is 8.95. The van der Waals surface area contributed by atoms with Crippen molar-refractivity contribution in [2.45, 2.75) is 38.1 Å². The number of rotatable bonds is 6. The van der Waals surface area contributed by atoms with Crippen molar-refractivity contribution in [3.8, 4) is 5.75 Å². The van der Waals surface area contributed by atoms with Gasteiger partial charge in [-0.15, -0.1) is 0 Å². The molecule has 132 valence electrons. The summed E-state index contributed by atoms with van der Waals surface area (Å²) in [6.45, 7) is 1.08. The monoisotopic (exact) mass is 332 g/mol. The number of ether oxygens (including phenoxy) is 2. The molecule has 5 nitrogen and oxygen atoms in total. The van der Waals surface area contributed by atoms with Crippen molar-refractivity contribution in [2.75, 3.05) is 25.6 Å². The molecule has 5 heteroatoms. The van der Waals surface area contributed by atoms with E-state index in [1.165, 1.54) is 19.3 Å². The lowest BCUT2D eigenvalue weighted by Crippen LogP contribution is -2.48. The number of benzene rings is 1. The molecule has 0 aromatic heterocycles. The Bertz CT molecular complexity index is 532. The van der Waals surface area contributed by atoms with E-state index in [0.29, 0.717) is 31.1 Å². The summed E-state index contributed by atoms with van der Waals surface area (Å²) in [7, 11) is 1.65. The quantitative estimate of drug-likeness (QED) is 0.786. The first-order chi connectivity index (χ1) is 11.7. The van der Waals surface area contributed by atoms with Gasteiger partial charge in [-0.3, -0.25) is 4.79 Å². The Kier molecular flexibility index (Phi) is 5.74. The molecule has 2 aliphatic carbocycles. The van der Waals surface area contributed by atoms with Crippen LogP contribution in [0.25, 0.3) is 0 Å². The second kappa shape index (κ2) is 7.99. The maximum absolute atomic E-state index is 12.6. The molecule has 0 aliphatic heterocycles. The number of carbonyl (C=O) groups excluding carboxylic acids is 1. The summed E-state index contributed by atoms with van der Waals surface area (Å²) in [6, 6.07) is 7.81. The minimum Gasteiger partial charge on any atom is -0.491 e. The predicted molar refractivity (Wildman–Crippen MR) is 94.0 cm³/mol. The number of methoxy groups -OCH3 is 1. The van der Waals surface area contributed by atoms with Gasteiger partial charge in [-0.25, -0.2) is 0 Å². The van der Waals surface area contributed by atoms with Gasteiger partial charge in [-0.05, 0) is 61.8 Å². The van der Waals surface area contributed by atoms with Crippen LogP contribution >= 0.6 is 0 Å². The van der Waals surface area contributed by atoms with Crippen molar-refractivity contribution in [2.24, 2.45) is 23.5 Å². The second-order valence-electron chi connectivity index (χ2n) is 7.05. The largest absolute Gasteiger partial charge is 0.491 e. The molecule has 3 N–H and O–H groups in total. The minimum absolute atomic E-state index is 0.0951. The smallest absolute Gasteiger partial charge is 0.227 e. The summed E-state index contributed by atoms with van der Waals surface area (Å²) in [6.07, 6.45) is 5.48. The van der Waals surface area contributed by atoms with Crippen LogP contribution in [0.15, 0.2) is 24.3 Å². The van der Waals surface area contributed by atoms with Gasteiger partial charge >= 0.3 is 0 Å². The van der Waals surface area contributed by atoms with Crippen molar-refractivity contribution in [3.05, 3.63) is 24.3 Å². The zero-order valence-corrected chi connectivity index (χ0v) is 14.4. The summed E-state index contributed by atoms with van der Waals surface area (Å²) in [5.41, 5.74) is 7.13. The minimum atomic E-state index is 0.0951. The molecule has 0 spiro atoms. The number of nitrogens with one attached hydrogen (secondary N) is 1. The Hall–Kier alpha value is -1.59. The summed E-state index contributed by atoms with van der Waals surface area (Å²) < 4.78 is 10.5. The molecule has 3 rings (SSSR count). The van der Waals surface area contributed by atoms with Crippen LogP contribution in [-0.4, -0.2) is 32.3 Å². The first kappa shape index (κ1) is 17.2. The highest BCUT2D eigenvalue weighted by Gasteiger charge is 2.40. The number of nitrogens with two attached hydrogens (primary N) is 1. The van der Waals surface area contributed by atoms with E-state index in [4.69, 9.17) is 15.2 Å². The fourth-order valence-electron chi connectivity index (χ4n) is 4.12. The molecule has 0 heterocycles. The van der Waals surface area contributed by atoms with Crippen molar-refractivity contribution in [1.82, 2.24) is 0 Å². The standard InChI is InChI=1S/C19H28N2O3/c1-23-9-10-24-17-7-5-16(6-8-17)21-19(22)15-11-13-3-2-4-14(12-15)18(13)20/h5-8,13-15,18H,2-4,9-12,20H2,1H3,(H,21,22). The van der Waals surface area contributed by atoms with E-state index in [9.17, 15) is 4.79 Å². The molecular weight excluding hydrogens is 304 g/mol. The van der Waals surface area contributed by atoms with Crippen LogP contribution in [0.1, 0.15) is 32.1 Å². The van der Waals surface area contributed by atoms with Gasteiger partial charge in [0, 0.05) is 24.8 Å². The molecule has 2 aliphatic rings. The Morgan fingerprint density at radius 3 is 2.46 bits per heavy atom. The van der Waals surface area contributed by atoms with E-state index >= 15 is 0 Å². The lowest BCUT2D eigenvalue weighted by molar-refractivity contribution is -0.122. The van der Waals surface area contributed by atoms with E-state index in [2.05, 4.69) is 5.32 Å². The maximum atomic E-state index is 12.6. The third-order valence-corrected chi connectivity index (χ3v) is 5.46. The zero-order chi connectivity index (χ0) is 16.9. The van der Waals surface area contributed by atoms with E-state index in [1.807, 2.05) is 24.3 Å². The molecule has 2 bridgehead atoms. The number of carbonyl (C=O) groups is 1. The number of amides is 1. The van der Waals surface area contributed by atoms with Gasteiger partial charge in [0.25, 0.3) is 0 Å². The van der Waals surface area contributed by atoms with Crippen LogP contribution in [0.4, 0.5) is 5.69 Å². The van der Waals surface area contributed by atoms with E-state index < -0.39 is 0 Å². The fraction of sp³-hybridized carbons (Fsp3) is 0.632. The Morgan fingerprint density at radius 1 is 1.17 bits per heavy atom. The van der Waals surface area contributed by atoms with Gasteiger partial charge in [0.1, 0.15) is 12.4 Å². The van der Waals surface area contributed by atoms with Crippen LogP contribution in [0, 0.1) is 17.8 Å². The van der Waals surface area contributed by atoms with Crippen LogP contribution in [0.2, 0.25) is 0 Å². The summed E-state index contributed by atoms with van der Waals surface area (Å²) in [4.78, 5) is 12.6. The van der Waals surface area contributed by atoms with Crippen molar-refractivity contribution in [3.63, 3.8) is 0 Å². The number of fused-ring (bicyclic) bond motifs is 2. The third kappa shape index (κ3) is 4.08. The molecule has 0 saturated heterocycles. The van der Waals surface area contributed by atoms with Gasteiger partial charge in [0.15, 0.2) is 0 Å². The zero-order valence-electron chi connectivity index (χ0n) is 14.4. The van der Waals surface area contributed by atoms with Crippen molar-refractivity contribution in [1.29, 1.82) is 0 Å². The molecule has 24 heavy (non-hydrogen) atoms. The molecule has 2 saturated carbocycles. The number of hydrogen-bond donors (Lipinski definition) is 2. The predicted octanol–water partition coefficient (Wildman–Crippen LogP) is 2.80. The Labute approximate surface area is 143 Å². The summed E-state index contributed by atoms with van der Waals surface area (Å²) in [5.74, 6) is 2.04. The van der Waals surface area contributed by atoms with Crippen molar-refractivity contribution >= 4 is 11.6 Å². The molecule has 1 aromatic carbocycles.